The second-order valence-electron chi connectivity index (χ2n) is 7.23. The fourth-order valence-electron chi connectivity index (χ4n) is 3.46. The number of aryl methyl sites for hydroxylation is 1. The number of unbranched alkanes of at least 4 members (excludes halogenated alkanes) is 2. The van der Waals surface area contributed by atoms with Crippen molar-refractivity contribution in [3.8, 4) is 0 Å². The third kappa shape index (κ3) is 7.77. The molecule has 2 aromatic rings. The van der Waals surface area contributed by atoms with E-state index in [0.29, 0.717) is 0 Å². The molecular formula is C24H35N. The maximum absolute atomic E-state index is 3.45. The molecule has 0 aliphatic heterocycles. The highest BCUT2D eigenvalue weighted by atomic mass is 14.9. The van der Waals surface area contributed by atoms with E-state index in [0.717, 1.165) is 11.6 Å². The van der Waals surface area contributed by atoms with Gasteiger partial charge < -0.3 is 5.32 Å². The Kier molecular flexibility index (Phi) is 9.18. The summed E-state index contributed by atoms with van der Waals surface area (Å²) in [6.45, 7) is 4.61. The summed E-state index contributed by atoms with van der Waals surface area (Å²) >= 11 is 0. The molecule has 0 fully saturated rings. The lowest BCUT2D eigenvalue weighted by molar-refractivity contribution is 0.384. The van der Waals surface area contributed by atoms with Crippen LogP contribution in [0.25, 0.3) is 0 Å². The molecule has 25 heavy (non-hydrogen) atoms. The van der Waals surface area contributed by atoms with Gasteiger partial charge in [-0.25, -0.2) is 0 Å². The van der Waals surface area contributed by atoms with Crippen LogP contribution in [-0.2, 0) is 6.42 Å². The molecule has 0 spiro atoms. The van der Waals surface area contributed by atoms with E-state index in [9.17, 15) is 0 Å². The molecule has 0 aliphatic rings. The van der Waals surface area contributed by atoms with Crippen LogP contribution in [0, 0.1) is 5.92 Å². The van der Waals surface area contributed by atoms with Gasteiger partial charge in [-0.1, -0.05) is 89.1 Å². The maximum atomic E-state index is 3.45. The zero-order valence-electron chi connectivity index (χ0n) is 16.1. The Bertz CT molecular complexity index is 550. The zero-order chi connectivity index (χ0) is 17.7. The van der Waals surface area contributed by atoms with Crippen LogP contribution in [0.2, 0.25) is 0 Å². The Morgan fingerprint density at radius 2 is 1.24 bits per heavy atom. The third-order valence-corrected chi connectivity index (χ3v) is 5.03. The van der Waals surface area contributed by atoms with Gasteiger partial charge >= 0.3 is 0 Å². The van der Waals surface area contributed by atoms with Gasteiger partial charge in [0.1, 0.15) is 0 Å². The highest BCUT2D eigenvalue weighted by Crippen LogP contribution is 2.23. The van der Waals surface area contributed by atoms with Crippen LogP contribution in [0.1, 0.15) is 70.8 Å². The van der Waals surface area contributed by atoms with Crippen LogP contribution in [0.15, 0.2) is 54.6 Å². The number of hydrogen-bond donors (Lipinski definition) is 1. The summed E-state index contributed by atoms with van der Waals surface area (Å²) in [5.74, 6) is 0.943. The minimum absolute atomic E-state index is 0.943. The molecule has 1 heteroatoms. The quantitative estimate of drug-likeness (QED) is 0.417. The molecule has 2 aromatic carbocycles. The topological polar surface area (TPSA) is 12.0 Å². The number of benzene rings is 2. The van der Waals surface area contributed by atoms with Crippen molar-refractivity contribution in [2.75, 3.05) is 5.32 Å². The Balaban J connectivity index is 1.76. The average Bonchev–Trinajstić information content (AvgIpc) is 2.65. The van der Waals surface area contributed by atoms with E-state index in [1.807, 2.05) is 6.07 Å². The van der Waals surface area contributed by atoms with Gasteiger partial charge in [-0.3, -0.25) is 0 Å². The van der Waals surface area contributed by atoms with Crippen molar-refractivity contribution in [2.45, 2.75) is 71.6 Å². The fourth-order valence-corrected chi connectivity index (χ4v) is 3.46. The lowest BCUT2D eigenvalue weighted by Gasteiger charge is -2.16. The predicted octanol–water partition coefficient (Wildman–Crippen LogP) is 7.75. The van der Waals surface area contributed by atoms with E-state index in [-0.39, 0.29) is 0 Å². The molecule has 1 N–H and O–H groups in total. The third-order valence-electron chi connectivity index (χ3n) is 5.03. The van der Waals surface area contributed by atoms with Crippen molar-refractivity contribution >= 4 is 11.4 Å². The summed E-state index contributed by atoms with van der Waals surface area (Å²) in [7, 11) is 0. The van der Waals surface area contributed by atoms with Crippen LogP contribution in [-0.4, -0.2) is 0 Å². The summed E-state index contributed by atoms with van der Waals surface area (Å²) in [5, 5.41) is 3.45. The molecular weight excluding hydrogens is 302 g/mol. The SMILES string of the molecule is CCCCC(CCCC)CCCc1ccc(Nc2ccccc2)cc1. The number of rotatable bonds is 12. The molecule has 0 saturated carbocycles. The molecule has 0 radical (unpaired) electrons. The van der Waals surface area contributed by atoms with Crippen molar-refractivity contribution in [1.29, 1.82) is 0 Å². The van der Waals surface area contributed by atoms with Gasteiger partial charge in [0.2, 0.25) is 0 Å². The van der Waals surface area contributed by atoms with Gasteiger partial charge in [0.15, 0.2) is 0 Å². The highest BCUT2D eigenvalue weighted by molar-refractivity contribution is 5.59. The molecule has 0 unspecified atom stereocenters. The molecule has 0 aliphatic carbocycles. The van der Waals surface area contributed by atoms with E-state index < -0.39 is 0 Å². The number of para-hydroxylation sites is 1. The van der Waals surface area contributed by atoms with E-state index in [1.54, 1.807) is 0 Å². The standard InChI is InChI=1S/C24H35N/c1-3-5-11-21(12-6-4-2)13-10-14-22-17-19-24(20-18-22)25-23-15-8-7-9-16-23/h7-9,15-21,25H,3-6,10-14H2,1-2H3. The summed E-state index contributed by atoms with van der Waals surface area (Å²) in [6, 6.07) is 19.3. The lowest BCUT2D eigenvalue weighted by Crippen LogP contribution is -2.02. The van der Waals surface area contributed by atoms with E-state index in [1.165, 1.54) is 69.0 Å². The van der Waals surface area contributed by atoms with Gasteiger partial charge in [-0.05, 0) is 48.6 Å². The highest BCUT2D eigenvalue weighted by Gasteiger charge is 2.08. The minimum Gasteiger partial charge on any atom is -0.356 e. The monoisotopic (exact) mass is 337 g/mol. The van der Waals surface area contributed by atoms with Crippen molar-refractivity contribution in [2.24, 2.45) is 5.92 Å². The predicted molar refractivity (Wildman–Crippen MR) is 112 cm³/mol. The molecule has 136 valence electrons. The van der Waals surface area contributed by atoms with Crippen molar-refractivity contribution < 1.29 is 0 Å². The van der Waals surface area contributed by atoms with Crippen molar-refractivity contribution in [3.63, 3.8) is 0 Å². The van der Waals surface area contributed by atoms with Crippen molar-refractivity contribution in [3.05, 3.63) is 60.2 Å². The Labute approximate surface area is 154 Å². The second-order valence-corrected chi connectivity index (χ2v) is 7.23. The van der Waals surface area contributed by atoms with Gasteiger partial charge in [0.25, 0.3) is 0 Å². The van der Waals surface area contributed by atoms with Crippen LogP contribution >= 0.6 is 0 Å². The normalized spacial score (nSPS) is 11.0. The first-order valence-electron chi connectivity index (χ1n) is 10.2. The second kappa shape index (κ2) is 11.7. The first-order valence-corrected chi connectivity index (χ1v) is 10.2. The first kappa shape index (κ1) is 19.6. The molecule has 1 nitrogen and oxygen atoms in total. The zero-order valence-corrected chi connectivity index (χ0v) is 16.1. The summed E-state index contributed by atoms with van der Waals surface area (Å²) in [5.41, 5.74) is 3.77. The van der Waals surface area contributed by atoms with Crippen LogP contribution in [0.5, 0.6) is 0 Å². The van der Waals surface area contributed by atoms with E-state index >= 15 is 0 Å². The molecule has 0 heterocycles. The van der Waals surface area contributed by atoms with Crippen LogP contribution in [0.3, 0.4) is 0 Å². The average molecular weight is 338 g/mol. The summed E-state index contributed by atoms with van der Waals surface area (Å²) in [6.07, 6.45) is 12.2. The van der Waals surface area contributed by atoms with Gasteiger partial charge in [-0.2, -0.15) is 0 Å². The smallest absolute Gasteiger partial charge is 0.0384 e. The minimum atomic E-state index is 0.943. The summed E-state index contributed by atoms with van der Waals surface area (Å²) < 4.78 is 0. The maximum Gasteiger partial charge on any atom is 0.0384 e. The number of hydrogen-bond acceptors (Lipinski definition) is 1. The number of nitrogens with one attached hydrogen (secondary N) is 1. The Morgan fingerprint density at radius 3 is 1.84 bits per heavy atom. The van der Waals surface area contributed by atoms with E-state index in [4.69, 9.17) is 0 Å². The molecule has 0 saturated heterocycles. The summed E-state index contributed by atoms with van der Waals surface area (Å²) in [4.78, 5) is 0. The van der Waals surface area contributed by atoms with Gasteiger partial charge in [0.05, 0.1) is 0 Å². The number of anilines is 2. The van der Waals surface area contributed by atoms with Crippen molar-refractivity contribution in [1.82, 2.24) is 0 Å². The van der Waals surface area contributed by atoms with Gasteiger partial charge in [0, 0.05) is 11.4 Å². The molecule has 0 bridgehead atoms. The molecule has 0 amide bonds. The fraction of sp³-hybridized carbons (Fsp3) is 0.500. The van der Waals surface area contributed by atoms with Gasteiger partial charge in [-0.15, -0.1) is 0 Å². The molecule has 0 aromatic heterocycles. The van der Waals surface area contributed by atoms with Crippen LogP contribution in [0.4, 0.5) is 11.4 Å². The first-order chi connectivity index (χ1) is 12.3. The van der Waals surface area contributed by atoms with E-state index in [2.05, 4.69) is 67.7 Å². The largest absolute Gasteiger partial charge is 0.356 e. The Morgan fingerprint density at radius 1 is 0.680 bits per heavy atom. The molecule has 2 rings (SSSR count). The van der Waals surface area contributed by atoms with Crippen LogP contribution < -0.4 is 5.32 Å². The molecule has 0 atom stereocenters. The Hall–Kier alpha value is -1.76. The lowest BCUT2D eigenvalue weighted by atomic mass is 9.90.